The predicted octanol–water partition coefficient (Wildman–Crippen LogP) is 1.96. The van der Waals surface area contributed by atoms with Gasteiger partial charge in [0.15, 0.2) is 0 Å². The van der Waals surface area contributed by atoms with E-state index in [1.807, 2.05) is 12.4 Å². The summed E-state index contributed by atoms with van der Waals surface area (Å²) in [5.41, 5.74) is 2.63. The van der Waals surface area contributed by atoms with Crippen LogP contribution in [-0.2, 0) is 6.54 Å². The van der Waals surface area contributed by atoms with Crippen molar-refractivity contribution in [2.45, 2.75) is 38.8 Å². The van der Waals surface area contributed by atoms with Crippen molar-refractivity contribution in [1.29, 1.82) is 0 Å². The molecule has 0 aromatic carbocycles. The van der Waals surface area contributed by atoms with E-state index < -0.39 is 0 Å². The molecular formula is C14H23N3. The van der Waals surface area contributed by atoms with Gasteiger partial charge in [0.1, 0.15) is 0 Å². The van der Waals surface area contributed by atoms with E-state index in [4.69, 9.17) is 0 Å². The molecule has 1 aliphatic heterocycles. The maximum atomic E-state index is 4.12. The second kappa shape index (κ2) is 6.12. The van der Waals surface area contributed by atoms with Gasteiger partial charge in [-0.1, -0.05) is 6.42 Å². The average Bonchev–Trinajstić information content (AvgIpc) is 2.34. The Morgan fingerprint density at radius 3 is 3.12 bits per heavy atom. The summed E-state index contributed by atoms with van der Waals surface area (Å²) >= 11 is 0. The predicted molar refractivity (Wildman–Crippen MR) is 70.9 cm³/mol. The topological polar surface area (TPSA) is 28.2 Å². The first-order valence-electron chi connectivity index (χ1n) is 6.58. The van der Waals surface area contributed by atoms with E-state index in [9.17, 15) is 0 Å². The Hall–Kier alpha value is -0.930. The van der Waals surface area contributed by atoms with Crippen LogP contribution in [0.4, 0.5) is 0 Å². The summed E-state index contributed by atoms with van der Waals surface area (Å²) in [5, 5.41) is 3.57. The lowest BCUT2D eigenvalue weighted by molar-refractivity contribution is 0.181. The van der Waals surface area contributed by atoms with Crippen LogP contribution in [0.5, 0.6) is 0 Å². The minimum Gasteiger partial charge on any atom is -0.311 e. The number of aromatic nitrogens is 1. The van der Waals surface area contributed by atoms with Gasteiger partial charge < -0.3 is 10.2 Å². The Bertz CT molecular complexity index is 351. The van der Waals surface area contributed by atoms with Crippen LogP contribution in [0.3, 0.4) is 0 Å². The summed E-state index contributed by atoms with van der Waals surface area (Å²) in [7, 11) is 2.24. The van der Waals surface area contributed by atoms with Gasteiger partial charge in [0.2, 0.25) is 0 Å². The number of hydrogen-bond donors (Lipinski definition) is 1. The van der Waals surface area contributed by atoms with Crippen molar-refractivity contribution in [2.24, 2.45) is 0 Å². The number of likely N-dealkylation sites (tertiary alicyclic amines) is 1. The summed E-state index contributed by atoms with van der Waals surface area (Å²) in [6.45, 7) is 5.42. The average molecular weight is 233 g/mol. The van der Waals surface area contributed by atoms with Crippen LogP contribution in [0.2, 0.25) is 0 Å². The lowest BCUT2D eigenvalue weighted by Crippen LogP contribution is -2.42. The van der Waals surface area contributed by atoms with Crippen LogP contribution in [0.1, 0.15) is 30.4 Å². The number of aryl methyl sites for hydroxylation is 1. The van der Waals surface area contributed by atoms with Crippen molar-refractivity contribution in [3.63, 3.8) is 0 Å². The fraction of sp³-hybridized carbons (Fsp3) is 0.643. The van der Waals surface area contributed by atoms with E-state index in [1.165, 1.54) is 36.9 Å². The molecule has 0 aliphatic carbocycles. The molecule has 17 heavy (non-hydrogen) atoms. The minimum atomic E-state index is 0.714. The van der Waals surface area contributed by atoms with Gasteiger partial charge in [0.25, 0.3) is 0 Å². The molecule has 1 aromatic rings. The Balaban J connectivity index is 1.77. The molecule has 1 aromatic heterocycles. The zero-order valence-corrected chi connectivity index (χ0v) is 10.9. The van der Waals surface area contributed by atoms with Crippen LogP contribution in [0, 0.1) is 6.92 Å². The fourth-order valence-corrected chi connectivity index (χ4v) is 2.48. The third kappa shape index (κ3) is 3.51. The van der Waals surface area contributed by atoms with Crippen LogP contribution >= 0.6 is 0 Å². The Kier molecular flexibility index (Phi) is 4.51. The van der Waals surface area contributed by atoms with Crippen molar-refractivity contribution in [1.82, 2.24) is 15.2 Å². The molecule has 0 saturated carbocycles. The number of pyridine rings is 1. The SMILES string of the molecule is Cc1cnccc1CNCC1CCCCN1C. The van der Waals surface area contributed by atoms with Crippen LogP contribution in [-0.4, -0.2) is 36.1 Å². The van der Waals surface area contributed by atoms with Gasteiger partial charge in [0.05, 0.1) is 0 Å². The molecule has 94 valence electrons. The number of hydrogen-bond acceptors (Lipinski definition) is 3. The van der Waals surface area contributed by atoms with Gasteiger partial charge in [-0.2, -0.15) is 0 Å². The van der Waals surface area contributed by atoms with Gasteiger partial charge >= 0.3 is 0 Å². The number of piperidine rings is 1. The summed E-state index contributed by atoms with van der Waals surface area (Å²) in [5.74, 6) is 0. The van der Waals surface area contributed by atoms with E-state index in [1.54, 1.807) is 0 Å². The normalized spacial score (nSPS) is 21.6. The highest BCUT2D eigenvalue weighted by Crippen LogP contribution is 2.14. The van der Waals surface area contributed by atoms with E-state index in [-0.39, 0.29) is 0 Å². The van der Waals surface area contributed by atoms with E-state index in [0.717, 1.165) is 13.1 Å². The first-order valence-corrected chi connectivity index (χ1v) is 6.58. The van der Waals surface area contributed by atoms with E-state index >= 15 is 0 Å². The van der Waals surface area contributed by atoms with Gasteiger partial charge in [-0.15, -0.1) is 0 Å². The molecular weight excluding hydrogens is 210 g/mol. The molecule has 1 saturated heterocycles. The smallest absolute Gasteiger partial charge is 0.0300 e. The third-order valence-corrected chi connectivity index (χ3v) is 3.75. The molecule has 1 atom stereocenters. The highest BCUT2D eigenvalue weighted by molar-refractivity contribution is 5.21. The monoisotopic (exact) mass is 233 g/mol. The van der Waals surface area contributed by atoms with Crippen LogP contribution < -0.4 is 5.32 Å². The number of rotatable bonds is 4. The summed E-state index contributed by atoms with van der Waals surface area (Å²) in [6.07, 6.45) is 7.88. The quantitative estimate of drug-likeness (QED) is 0.861. The zero-order chi connectivity index (χ0) is 12.1. The first-order chi connectivity index (χ1) is 8.27. The van der Waals surface area contributed by atoms with Gasteiger partial charge in [-0.05, 0) is 50.6 Å². The minimum absolute atomic E-state index is 0.714. The number of nitrogens with zero attached hydrogens (tertiary/aromatic N) is 2. The van der Waals surface area contributed by atoms with Crippen molar-refractivity contribution in [3.8, 4) is 0 Å². The molecule has 3 nitrogen and oxygen atoms in total. The van der Waals surface area contributed by atoms with Crippen molar-refractivity contribution in [2.75, 3.05) is 20.1 Å². The molecule has 3 heteroatoms. The molecule has 2 heterocycles. The number of likely N-dealkylation sites (N-methyl/N-ethyl adjacent to an activating group) is 1. The van der Waals surface area contributed by atoms with Crippen molar-refractivity contribution < 1.29 is 0 Å². The van der Waals surface area contributed by atoms with Crippen molar-refractivity contribution in [3.05, 3.63) is 29.6 Å². The van der Waals surface area contributed by atoms with E-state index in [0.29, 0.717) is 6.04 Å². The Labute approximate surface area is 104 Å². The van der Waals surface area contributed by atoms with Crippen LogP contribution in [0.15, 0.2) is 18.5 Å². The molecule has 1 N–H and O–H groups in total. The van der Waals surface area contributed by atoms with Gasteiger partial charge in [0, 0.05) is 31.5 Å². The van der Waals surface area contributed by atoms with Gasteiger partial charge in [-0.3, -0.25) is 4.98 Å². The van der Waals surface area contributed by atoms with E-state index in [2.05, 4.69) is 35.2 Å². The highest BCUT2D eigenvalue weighted by atomic mass is 15.2. The first kappa shape index (κ1) is 12.5. The second-order valence-corrected chi connectivity index (χ2v) is 5.06. The molecule has 0 spiro atoms. The lowest BCUT2D eigenvalue weighted by atomic mass is 10.0. The fourth-order valence-electron chi connectivity index (χ4n) is 2.48. The van der Waals surface area contributed by atoms with Gasteiger partial charge in [-0.25, -0.2) is 0 Å². The standard InChI is InChI=1S/C14H23N3/c1-12-9-15-7-6-13(12)10-16-11-14-5-3-4-8-17(14)2/h6-7,9,14,16H,3-5,8,10-11H2,1-2H3. The molecule has 0 radical (unpaired) electrons. The molecule has 0 bridgehead atoms. The highest BCUT2D eigenvalue weighted by Gasteiger charge is 2.17. The Morgan fingerprint density at radius 2 is 2.35 bits per heavy atom. The van der Waals surface area contributed by atoms with Crippen LogP contribution in [0.25, 0.3) is 0 Å². The maximum absolute atomic E-state index is 4.12. The summed E-state index contributed by atoms with van der Waals surface area (Å²) in [6, 6.07) is 2.82. The Morgan fingerprint density at radius 1 is 1.47 bits per heavy atom. The van der Waals surface area contributed by atoms with Crippen molar-refractivity contribution >= 4 is 0 Å². The molecule has 2 rings (SSSR count). The summed E-state index contributed by atoms with van der Waals surface area (Å²) in [4.78, 5) is 6.60. The number of nitrogens with one attached hydrogen (secondary N) is 1. The molecule has 0 amide bonds. The molecule has 1 aliphatic rings. The molecule has 1 fully saturated rings. The molecule has 1 unspecified atom stereocenters. The zero-order valence-electron chi connectivity index (χ0n) is 10.9. The maximum Gasteiger partial charge on any atom is 0.0300 e. The second-order valence-electron chi connectivity index (χ2n) is 5.06. The largest absolute Gasteiger partial charge is 0.311 e. The third-order valence-electron chi connectivity index (χ3n) is 3.75. The lowest BCUT2D eigenvalue weighted by Gasteiger charge is -2.32. The summed E-state index contributed by atoms with van der Waals surface area (Å²) < 4.78 is 0.